The van der Waals surface area contributed by atoms with Crippen molar-refractivity contribution in [2.75, 3.05) is 13.2 Å². The molecule has 0 fully saturated rings. The fourth-order valence-corrected chi connectivity index (χ4v) is 2.53. The number of ether oxygens (including phenoxy) is 1. The Bertz CT molecular complexity index is 313. The molecule has 2 N–H and O–H groups in total. The smallest absolute Gasteiger partial charge is 0.0716 e. The van der Waals surface area contributed by atoms with Crippen LogP contribution in [0.25, 0.3) is 0 Å². The summed E-state index contributed by atoms with van der Waals surface area (Å²) in [6.45, 7) is 2.50. The van der Waals surface area contributed by atoms with Crippen LogP contribution in [0.1, 0.15) is 69.8 Å². The van der Waals surface area contributed by atoms with Gasteiger partial charge in [-0.1, -0.05) is 81.7 Å². The number of benzene rings is 1. The molecule has 0 aromatic heterocycles. The zero-order valence-corrected chi connectivity index (χ0v) is 13.6. The predicted octanol–water partition coefficient (Wildman–Crippen LogP) is 5.06. The van der Waals surface area contributed by atoms with Crippen LogP contribution in [0.15, 0.2) is 30.3 Å². The van der Waals surface area contributed by atoms with Gasteiger partial charge in [-0.25, -0.2) is 0 Å². The summed E-state index contributed by atoms with van der Waals surface area (Å²) in [5.41, 5.74) is 6.75. The Morgan fingerprint density at radius 1 is 0.667 bits per heavy atom. The zero-order valence-electron chi connectivity index (χ0n) is 13.6. The second-order valence-corrected chi connectivity index (χ2v) is 5.86. The van der Waals surface area contributed by atoms with Gasteiger partial charge in [0.2, 0.25) is 0 Å². The van der Waals surface area contributed by atoms with Crippen LogP contribution in [0, 0.1) is 0 Å². The summed E-state index contributed by atoms with van der Waals surface area (Å²) in [4.78, 5) is 0. The highest BCUT2D eigenvalue weighted by atomic mass is 16.5. The summed E-state index contributed by atoms with van der Waals surface area (Å²) in [6, 6.07) is 10.4. The van der Waals surface area contributed by atoms with Crippen LogP contribution in [0.2, 0.25) is 0 Å². The first-order chi connectivity index (χ1) is 10.4. The largest absolute Gasteiger partial charge is 0.377 e. The van der Waals surface area contributed by atoms with E-state index in [0.717, 1.165) is 19.8 Å². The van der Waals surface area contributed by atoms with Gasteiger partial charge in [-0.3, -0.25) is 0 Å². The van der Waals surface area contributed by atoms with Crippen molar-refractivity contribution in [2.24, 2.45) is 5.73 Å². The van der Waals surface area contributed by atoms with E-state index in [2.05, 4.69) is 24.3 Å². The van der Waals surface area contributed by atoms with Crippen molar-refractivity contribution in [3.63, 3.8) is 0 Å². The first kappa shape index (κ1) is 18.2. The number of nitrogens with two attached hydrogens (primary N) is 1. The van der Waals surface area contributed by atoms with E-state index in [-0.39, 0.29) is 0 Å². The van der Waals surface area contributed by atoms with E-state index in [1.165, 1.54) is 69.8 Å². The minimum atomic E-state index is 0.754. The van der Waals surface area contributed by atoms with Crippen LogP contribution in [0.3, 0.4) is 0 Å². The predicted molar refractivity (Wildman–Crippen MR) is 91.3 cm³/mol. The molecule has 0 aliphatic heterocycles. The van der Waals surface area contributed by atoms with Gasteiger partial charge in [-0.05, 0) is 24.9 Å². The van der Waals surface area contributed by atoms with Gasteiger partial charge in [0.15, 0.2) is 0 Å². The molecule has 0 bridgehead atoms. The molecule has 0 radical (unpaired) electrons. The van der Waals surface area contributed by atoms with E-state index in [0.29, 0.717) is 0 Å². The van der Waals surface area contributed by atoms with E-state index >= 15 is 0 Å². The Balaban J connectivity index is 1.75. The fourth-order valence-electron chi connectivity index (χ4n) is 2.53. The van der Waals surface area contributed by atoms with Crippen LogP contribution in [0.4, 0.5) is 0 Å². The summed E-state index contributed by atoms with van der Waals surface area (Å²) in [6.07, 6.45) is 13.3. The lowest BCUT2D eigenvalue weighted by Gasteiger charge is -2.05. The molecule has 0 saturated carbocycles. The SMILES string of the molecule is NCCCCCCCCCCCCOCc1ccccc1. The van der Waals surface area contributed by atoms with Crippen molar-refractivity contribution < 1.29 is 4.74 Å². The standard InChI is InChI=1S/C19H33NO/c20-16-12-7-5-3-1-2-4-6-8-13-17-21-18-19-14-10-9-11-15-19/h9-11,14-15H,1-8,12-13,16-18,20H2. The maximum atomic E-state index is 5.69. The first-order valence-corrected chi connectivity index (χ1v) is 8.75. The summed E-state index contributed by atoms with van der Waals surface area (Å²) in [5, 5.41) is 0. The molecule has 0 saturated heterocycles. The van der Waals surface area contributed by atoms with Crippen LogP contribution in [-0.2, 0) is 11.3 Å². The average molecular weight is 291 g/mol. The molecule has 21 heavy (non-hydrogen) atoms. The second kappa shape index (κ2) is 14.1. The van der Waals surface area contributed by atoms with E-state index in [1.54, 1.807) is 0 Å². The van der Waals surface area contributed by atoms with Crippen LogP contribution in [0.5, 0.6) is 0 Å². The molecule has 0 amide bonds. The topological polar surface area (TPSA) is 35.2 Å². The Kier molecular flexibility index (Phi) is 12.2. The number of hydrogen-bond donors (Lipinski definition) is 1. The second-order valence-electron chi connectivity index (χ2n) is 5.86. The van der Waals surface area contributed by atoms with E-state index in [4.69, 9.17) is 10.5 Å². The molecule has 2 nitrogen and oxygen atoms in total. The van der Waals surface area contributed by atoms with Crippen LogP contribution in [-0.4, -0.2) is 13.2 Å². The number of rotatable bonds is 14. The molecular formula is C19H33NO. The van der Waals surface area contributed by atoms with Gasteiger partial charge in [-0.2, -0.15) is 0 Å². The fraction of sp³-hybridized carbons (Fsp3) is 0.684. The van der Waals surface area contributed by atoms with Crippen LogP contribution < -0.4 is 5.73 Å². The van der Waals surface area contributed by atoms with Crippen molar-refractivity contribution in [3.8, 4) is 0 Å². The minimum absolute atomic E-state index is 0.754. The molecular weight excluding hydrogens is 258 g/mol. The zero-order chi connectivity index (χ0) is 15.0. The number of unbranched alkanes of at least 4 members (excludes halogenated alkanes) is 9. The number of hydrogen-bond acceptors (Lipinski definition) is 2. The normalized spacial score (nSPS) is 10.9. The van der Waals surface area contributed by atoms with E-state index in [1.807, 2.05) is 6.07 Å². The van der Waals surface area contributed by atoms with Crippen molar-refractivity contribution in [1.82, 2.24) is 0 Å². The van der Waals surface area contributed by atoms with Crippen molar-refractivity contribution >= 4 is 0 Å². The third-order valence-electron chi connectivity index (χ3n) is 3.85. The minimum Gasteiger partial charge on any atom is -0.377 e. The van der Waals surface area contributed by atoms with E-state index in [9.17, 15) is 0 Å². The molecule has 1 rings (SSSR count). The molecule has 1 aromatic carbocycles. The monoisotopic (exact) mass is 291 g/mol. The summed E-state index contributed by atoms with van der Waals surface area (Å²) in [5.74, 6) is 0. The van der Waals surface area contributed by atoms with Gasteiger partial charge >= 0.3 is 0 Å². The molecule has 0 atom stereocenters. The molecule has 0 heterocycles. The third kappa shape index (κ3) is 11.5. The Labute approximate surface area is 131 Å². The van der Waals surface area contributed by atoms with Gasteiger partial charge in [0.25, 0.3) is 0 Å². The summed E-state index contributed by atoms with van der Waals surface area (Å²) >= 11 is 0. The third-order valence-corrected chi connectivity index (χ3v) is 3.85. The Morgan fingerprint density at radius 2 is 1.19 bits per heavy atom. The van der Waals surface area contributed by atoms with Crippen molar-refractivity contribution in [3.05, 3.63) is 35.9 Å². The molecule has 0 spiro atoms. The molecule has 0 unspecified atom stereocenters. The quantitative estimate of drug-likeness (QED) is 0.486. The van der Waals surface area contributed by atoms with Gasteiger partial charge in [0.05, 0.1) is 6.61 Å². The highest BCUT2D eigenvalue weighted by Gasteiger charge is 1.94. The van der Waals surface area contributed by atoms with E-state index < -0.39 is 0 Å². The highest BCUT2D eigenvalue weighted by molar-refractivity contribution is 5.13. The Hall–Kier alpha value is -0.860. The van der Waals surface area contributed by atoms with Crippen molar-refractivity contribution in [1.29, 1.82) is 0 Å². The lowest BCUT2D eigenvalue weighted by molar-refractivity contribution is 0.116. The summed E-state index contributed by atoms with van der Waals surface area (Å²) < 4.78 is 5.69. The molecule has 0 aliphatic rings. The molecule has 2 heteroatoms. The van der Waals surface area contributed by atoms with Crippen LogP contribution >= 0.6 is 0 Å². The lowest BCUT2D eigenvalue weighted by Crippen LogP contribution is -1.97. The lowest BCUT2D eigenvalue weighted by atomic mass is 10.1. The van der Waals surface area contributed by atoms with Gasteiger partial charge < -0.3 is 10.5 Å². The molecule has 120 valence electrons. The maximum absolute atomic E-state index is 5.69. The molecule has 1 aromatic rings. The Morgan fingerprint density at radius 3 is 1.76 bits per heavy atom. The average Bonchev–Trinajstić information content (AvgIpc) is 2.53. The van der Waals surface area contributed by atoms with Gasteiger partial charge in [-0.15, -0.1) is 0 Å². The van der Waals surface area contributed by atoms with Crippen molar-refractivity contribution in [2.45, 2.75) is 70.8 Å². The molecule has 0 aliphatic carbocycles. The van der Waals surface area contributed by atoms with Gasteiger partial charge in [0.1, 0.15) is 0 Å². The first-order valence-electron chi connectivity index (χ1n) is 8.75. The summed E-state index contributed by atoms with van der Waals surface area (Å²) in [7, 11) is 0. The van der Waals surface area contributed by atoms with Gasteiger partial charge in [0, 0.05) is 6.61 Å². The highest BCUT2D eigenvalue weighted by Crippen LogP contribution is 2.10. The maximum Gasteiger partial charge on any atom is 0.0716 e.